The van der Waals surface area contributed by atoms with Crippen molar-refractivity contribution in [3.05, 3.63) is 83.0 Å². The number of benzene rings is 1. The average Bonchev–Trinajstić information content (AvgIpc) is 3.24. The SMILES string of the molecule is NC(=O)c1cc(-c2cccnc2)ccc1N1CCCC1.O=c1cccc[nH]1. The van der Waals surface area contributed by atoms with Gasteiger partial charge in [-0.05, 0) is 42.7 Å². The molecule has 3 heterocycles. The molecule has 6 nitrogen and oxygen atoms in total. The van der Waals surface area contributed by atoms with E-state index in [2.05, 4.69) is 14.9 Å². The molecule has 1 aromatic carbocycles. The van der Waals surface area contributed by atoms with Crippen LogP contribution in [0.15, 0.2) is 71.9 Å². The van der Waals surface area contributed by atoms with Gasteiger partial charge in [-0.3, -0.25) is 14.6 Å². The Morgan fingerprint density at radius 1 is 1.04 bits per heavy atom. The molecule has 0 radical (unpaired) electrons. The van der Waals surface area contributed by atoms with E-state index in [4.69, 9.17) is 5.73 Å². The Hall–Kier alpha value is -3.41. The highest BCUT2D eigenvalue weighted by Gasteiger charge is 2.18. The molecule has 27 heavy (non-hydrogen) atoms. The lowest BCUT2D eigenvalue weighted by atomic mass is 10.0. The molecule has 0 bridgehead atoms. The zero-order valence-electron chi connectivity index (χ0n) is 15.0. The maximum absolute atomic E-state index is 11.7. The van der Waals surface area contributed by atoms with Gasteiger partial charge in [-0.2, -0.15) is 0 Å². The third kappa shape index (κ3) is 4.82. The fourth-order valence-electron chi connectivity index (χ4n) is 3.06. The Morgan fingerprint density at radius 3 is 2.41 bits per heavy atom. The maximum atomic E-state index is 11.7. The van der Waals surface area contributed by atoms with E-state index in [-0.39, 0.29) is 11.5 Å². The number of nitrogens with one attached hydrogen (secondary N) is 1. The van der Waals surface area contributed by atoms with Crippen molar-refractivity contribution in [2.45, 2.75) is 12.8 Å². The van der Waals surface area contributed by atoms with Crippen LogP contribution in [0, 0.1) is 0 Å². The molecule has 3 aromatic rings. The maximum Gasteiger partial charge on any atom is 0.250 e. The molecule has 0 spiro atoms. The zero-order chi connectivity index (χ0) is 19.1. The van der Waals surface area contributed by atoms with Gasteiger partial charge in [-0.15, -0.1) is 0 Å². The molecule has 0 unspecified atom stereocenters. The molecule has 0 atom stereocenters. The number of carbonyl (C=O) groups excluding carboxylic acids is 1. The predicted octanol–water partition coefficient (Wildman–Crippen LogP) is 2.82. The van der Waals surface area contributed by atoms with Crippen molar-refractivity contribution in [1.29, 1.82) is 0 Å². The highest BCUT2D eigenvalue weighted by atomic mass is 16.1. The van der Waals surface area contributed by atoms with Crippen LogP contribution in [-0.4, -0.2) is 29.0 Å². The Balaban J connectivity index is 0.000000253. The number of rotatable bonds is 3. The van der Waals surface area contributed by atoms with E-state index in [1.54, 1.807) is 30.7 Å². The minimum absolute atomic E-state index is 0.0532. The standard InChI is InChI=1S/C16H17N3O.C5H5NO/c17-16(20)14-10-12(13-4-3-7-18-11-13)5-6-15(14)19-8-1-2-9-19;7-5-3-1-2-4-6-5/h3-7,10-11H,1-2,8-9H2,(H2,17,20);1-4H,(H,6,7). The van der Waals surface area contributed by atoms with Crippen LogP contribution < -0.4 is 16.2 Å². The van der Waals surface area contributed by atoms with Crippen LogP contribution in [0.2, 0.25) is 0 Å². The molecule has 1 saturated heterocycles. The van der Waals surface area contributed by atoms with E-state index in [1.165, 1.54) is 18.9 Å². The van der Waals surface area contributed by atoms with Crippen molar-refractivity contribution >= 4 is 11.6 Å². The molecular weight excluding hydrogens is 340 g/mol. The highest BCUT2D eigenvalue weighted by Crippen LogP contribution is 2.29. The molecule has 1 fully saturated rings. The van der Waals surface area contributed by atoms with E-state index in [9.17, 15) is 9.59 Å². The number of H-pyrrole nitrogens is 1. The number of nitrogens with two attached hydrogens (primary N) is 1. The molecule has 0 aliphatic carbocycles. The summed E-state index contributed by atoms with van der Waals surface area (Å²) in [5.74, 6) is -0.377. The van der Waals surface area contributed by atoms with Gasteiger partial charge in [-0.1, -0.05) is 18.2 Å². The lowest BCUT2D eigenvalue weighted by molar-refractivity contribution is 0.100. The van der Waals surface area contributed by atoms with Gasteiger partial charge in [0.25, 0.3) is 5.91 Å². The van der Waals surface area contributed by atoms with Gasteiger partial charge >= 0.3 is 0 Å². The van der Waals surface area contributed by atoms with Gasteiger partial charge < -0.3 is 15.6 Å². The smallest absolute Gasteiger partial charge is 0.250 e. The highest BCUT2D eigenvalue weighted by molar-refractivity contribution is 6.00. The molecule has 0 saturated carbocycles. The van der Waals surface area contributed by atoms with Crippen molar-refractivity contribution in [2.75, 3.05) is 18.0 Å². The first-order valence-electron chi connectivity index (χ1n) is 8.88. The third-order valence-electron chi connectivity index (χ3n) is 4.38. The van der Waals surface area contributed by atoms with Crippen LogP contribution in [0.5, 0.6) is 0 Å². The quantitative estimate of drug-likeness (QED) is 0.749. The first kappa shape index (κ1) is 18.4. The van der Waals surface area contributed by atoms with Crippen LogP contribution in [0.4, 0.5) is 5.69 Å². The summed E-state index contributed by atoms with van der Waals surface area (Å²) in [7, 11) is 0. The second-order valence-corrected chi connectivity index (χ2v) is 6.26. The zero-order valence-corrected chi connectivity index (χ0v) is 15.0. The first-order chi connectivity index (χ1) is 13.1. The van der Waals surface area contributed by atoms with Crippen LogP contribution in [0.1, 0.15) is 23.2 Å². The Bertz CT molecular complexity index is 930. The molecule has 1 amide bonds. The molecule has 2 aromatic heterocycles. The molecular formula is C21H22N4O2. The van der Waals surface area contributed by atoms with Gasteiger partial charge in [0, 0.05) is 49.0 Å². The number of primary amides is 1. The summed E-state index contributed by atoms with van der Waals surface area (Å²) in [5, 5.41) is 0. The summed E-state index contributed by atoms with van der Waals surface area (Å²) in [6.45, 7) is 1.99. The van der Waals surface area contributed by atoms with Crippen molar-refractivity contribution in [3.63, 3.8) is 0 Å². The summed E-state index contributed by atoms with van der Waals surface area (Å²) < 4.78 is 0. The summed E-state index contributed by atoms with van der Waals surface area (Å²) in [4.78, 5) is 30.8. The first-order valence-corrected chi connectivity index (χ1v) is 8.88. The molecule has 138 valence electrons. The topological polar surface area (TPSA) is 92.1 Å². The Labute approximate surface area is 157 Å². The van der Waals surface area contributed by atoms with E-state index in [0.29, 0.717) is 5.56 Å². The van der Waals surface area contributed by atoms with Crippen molar-refractivity contribution in [3.8, 4) is 11.1 Å². The minimum Gasteiger partial charge on any atom is -0.371 e. The van der Waals surface area contributed by atoms with E-state index >= 15 is 0 Å². The second kappa shape index (κ2) is 8.80. The number of hydrogen-bond donors (Lipinski definition) is 2. The Kier molecular flexibility index (Phi) is 5.99. The molecule has 6 heteroatoms. The number of aromatic nitrogens is 2. The lowest BCUT2D eigenvalue weighted by Crippen LogP contribution is -2.23. The van der Waals surface area contributed by atoms with Crippen molar-refractivity contribution in [1.82, 2.24) is 9.97 Å². The van der Waals surface area contributed by atoms with Crippen LogP contribution in [0.25, 0.3) is 11.1 Å². The monoisotopic (exact) mass is 362 g/mol. The predicted molar refractivity (Wildman–Crippen MR) is 107 cm³/mol. The van der Waals surface area contributed by atoms with Crippen LogP contribution >= 0.6 is 0 Å². The molecule has 4 rings (SSSR count). The lowest BCUT2D eigenvalue weighted by Gasteiger charge is -2.20. The number of hydrogen-bond acceptors (Lipinski definition) is 4. The number of carbonyl (C=O) groups is 1. The number of pyridine rings is 2. The minimum atomic E-state index is -0.377. The normalized spacial score (nSPS) is 13.0. The van der Waals surface area contributed by atoms with Gasteiger partial charge in [0.2, 0.25) is 5.56 Å². The van der Waals surface area contributed by atoms with E-state index in [1.807, 2.05) is 30.3 Å². The van der Waals surface area contributed by atoms with Gasteiger partial charge in [0.1, 0.15) is 0 Å². The second-order valence-electron chi connectivity index (χ2n) is 6.26. The number of nitrogens with zero attached hydrogens (tertiary/aromatic N) is 2. The average molecular weight is 362 g/mol. The molecule has 1 aliphatic heterocycles. The summed E-state index contributed by atoms with van der Waals surface area (Å²) in [5.41, 5.74) is 8.99. The molecule has 3 N–H and O–H groups in total. The van der Waals surface area contributed by atoms with Crippen LogP contribution in [-0.2, 0) is 0 Å². The van der Waals surface area contributed by atoms with Gasteiger partial charge in [-0.25, -0.2) is 0 Å². The summed E-state index contributed by atoms with van der Waals surface area (Å²) in [6.07, 6.45) is 7.46. The number of amides is 1. The molecule has 1 aliphatic rings. The third-order valence-corrected chi connectivity index (χ3v) is 4.38. The Morgan fingerprint density at radius 2 is 1.85 bits per heavy atom. The van der Waals surface area contributed by atoms with Crippen molar-refractivity contribution < 1.29 is 4.79 Å². The summed E-state index contributed by atoms with van der Waals surface area (Å²) >= 11 is 0. The van der Waals surface area contributed by atoms with Gasteiger partial charge in [0.15, 0.2) is 0 Å². The summed E-state index contributed by atoms with van der Waals surface area (Å²) in [6, 6.07) is 14.7. The van der Waals surface area contributed by atoms with E-state index in [0.717, 1.165) is 29.9 Å². The van der Waals surface area contributed by atoms with Crippen molar-refractivity contribution in [2.24, 2.45) is 5.73 Å². The number of aromatic amines is 1. The number of anilines is 1. The fourth-order valence-corrected chi connectivity index (χ4v) is 3.06. The van der Waals surface area contributed by atoms with E-state index < -0.39 is 0 Å². The fraction of sp³-hybridized carbons (Fsp3) is 0.190. The largest absolute Gasteiger partial charge is 0.371 e. The van der Waals surface area contributed by atoms with Gasteiger partial charge in [0.05, 0.1) is 5.56 Å². The van der Waals surface area contributed by atoms with Crippen LogP contribution in [0.3, 0.4) is 0 Å².